The summed E-state index contributed by atoms with van der Waals surface area (Å²) in [4.78, 5) is 0. The number of rotatable bonds is 1. The topological polar surface area (TPSA) is 32.3 Å². The highest BCUT2D eigenvalue weighted by Gasteiger charge is 2.40. The lowest BCUT2D eigenvalue weighted by atomic mass is 9.67. The van der Waals surface area contributed by atoms with Gasteiger partial charge in [-0.2, -0.15) is 0 Å². The first-order valence-electron chi connectivity index (χ1n) is 4.77. The Morgan fingerprint density at radius 1 is 1.33 bits per heavy atom. The van der Waals surface area contributed by atoms with E-state index in [2.05, 4.69) is 26.1 Å². The predicted octanol–water partition coefficient (Wildman–Crippen LogP) is 1.54. The number of nitrogens with one attached hydrogen (secondary N) is 1. The molecule has 0 aromatic carbocycles. The molecule has 0 aromatic rings. The van der Waals surface area contributed by atoms with Crippen LogP contribution in [0.5, 0.6) is 0 Å². The molecule has 0 unspecified atom stereocenters. The van der Waals surface area contributed by atoms with Gasteiger partial charge < -0.3 is 10.4 Å². The minimum absolute atomic E-state index is 0.0655. The van der Waals surface area contributed by atoms with Gasteiger partial charge in [-0.05, 0) is 38.6 Å². The van der Waals surface area contributed by atoms with E-state index in [1.54, 1.807) is 0 Å². The van der Waals surface area contributed by atoms with E-state index in [4.69, 9.17) is 0 Å². The Bertz CT molecular complexity index is 164. The summed E-state index contributed by atoms with van der Waals surface area (Å²) in [6, 6.07) is 0. The molecule has 0 amide bonds. The van der Waals surface area contributed by atoms with Crippen molar-refractivity contribution in [2.75, 3.05) is 7.05 Å². The van der Waals surface area contributed by atoms with Crippen molar-refractivity contribution in [1.29, 1.82) is 0 Å². The van der Waals surface area contributed by atoms with Crippen LogP contribution in [0.2, 0.25) is 0 Å². The highest BCUT2D eigenvalue weighted by atomic mass is 16.3. The maximum absolute atomic E-state index is 9.74. The Morgan fingerprint density at radius 3 is 2.33 bits per heavy atom. The van der Waals surface area contributed by atoms with Gasteiger partial charge in [0.1, 0.15) is 0 Å². The third kappa shape index (κ3) is 1.80. The average Bonchev–Trinajstić information content (AvgIpc) is 1.97. The van der Waals surface area contributed by atoms with E-state index in [9.17, 15) is 5.11 Å². The molecule has 2 nitrogen and oxygen atoms in total. The largest absolute Gasteiger partial charge is 0.393 e. The molecule has 0 saturated heterocycles. The first-order chi connectivity index (χ1) is 5.40. The van der Waals surface area contributed by atoms with E-state index in [-0.39, 0.29) is 17.1 Å². The van der Waals surface area contributed by atoms with E-state index < -0.39 is 0 Å². The summed E-state index contributed by atoms with van der Waals surface area (Å²) in [5.41, 5.74) is 0.290. The van der Waals surface area contributed by atoms with Crippen LogP contribution in [-0.4, -0.2) is 23.8 Å². The first kappa shape index (κ1) is 10.0. The van der Waals surface area contributed by atoms with Gasteiger partial charge in [0.2, 0.25) is 0 Å². The van der Waals surface area contributed by atoms with Crippen molar-refractivity contribution >= 4 is 0 Å². The van der Waals surface area contributed by atoms with Crippen LogP contribution in [0.1, 0.15) is 40.0 Å². The fourth-order valence-corrected chi connectivity index (χ4v) is 2.27. The van der Waals surface area contributed by atoms with Crippen LogP contribution < -0.4 is 5.32 Å². The molecule has 1 saturated carbocycles. The summed E-state index contributed by atoms with van der Waals surface area (Å²) in [6.45, 7) is 6.53. The lowest BCUT2D eigenvalue weighted by molar-refractivity contribution is -0.0191. The summed E-state index contributed by atoms with van der Waals surface area (Å²) in [5, 5.41) is 13.1. The Labute approximate surface area is 75.4 Å². The van der Waals surface area contributed by atoms with Gasteiger partial charge in [-0.3, -0.25) is 0 Å². The van der Waals surface area contributed by atoms with E-state index in [1.807, 2.05) is 7.05 Å². The molecular formula is C10H21NO. The Morgan fingerprint density at radius 2 is 1.92 bits per heavy atom. The summed E-state index contributed by atoms with van der Waals surface area (Å²) < 4.78 is 0. The number of hydrogen-bond donors (Lipinski definition) is 2. The number of aliphatic hydroxyl groups is 1. The Balaban J connectivity index is 2.68. The van der Waals surface area contributed by atoms with Crippen LogP contribution in [0.15, 0.2) is 0 Å². The minimum Gasteiger partial charge on any atom is -0.393 e. The molecule has 0 aromatic heterocycles. The SMILES string of the molecule is CN[C@@]1(C)CC[C@@H](O)C(C)(C)C1. The molecule has 2 N–H and O–H groups in total. The van der Waals surface area contributed by atoms with Crippen molar-refractivity contribution in [3.05, 3.63) is 0 Å². The monoisotopic (exact) mass is 171 g/mol. The van der Waals surface area contributed by atoms with Crippen molar-refractivity contribution in [2.24, 2.45) is 5.41 Å². The lowest BCUT2D eigenvalue weighted by Gasteiger charge is -2.45. The maximum atomic E-state index is 9.74. The predicted molar refractivity (Wildman–Crippen MR) is 51.1 cm³/mol. The Hall–Kier alpha value is -0.0800. The van der Waals surface area contributed by atoms with Crippen LogP contribution in [0.4, 0.5) is 0 Å². The highest BCUT2D eigenvalue weighted by molar-refractivity contribution is 4.96. The normalized spacial score (nSPS) is 41.2. The zero-order valence-corrected chi connectivity index (χ0v) is 8.65. The summed E-state index contributed by atoms with van der Waals surface area (Å²) in [6.07, 6.45) is 2.93. The second-order valence-electron chi connectivity index (χ2n) is 5.03. The van der Waals surface area contributed by atoms with E-state index >= 15 is 0 Å². The van der Waals surface area contributed by atoms with Gasteiger partial charge in [-0.15, -0.1) is 0 Å². The molecule has 2 atom stereocenters. The molecule has 0 aliphatic heterocycles. The molecule has 1 aliphatic carbocycles. The fraction of sp³-hybridized carbons (Fsp3) is 1.00. The standard InChI is InChI=1S/C10H21NO/c1-9(2)7-10(3,11-4)6-5-8(9)12/h8,11-12H,5-7H2,1-4H3/t8-,10+/m1/s1. The second kappa shape index (κ2) is 3.00. The Kier molecular flexibility index (Phi) is 2.50. The molecule has 72 valence electrons. The molecule has 1 aliphatic rings. The highest BCUT2D eigenvalue weighted by Crippen LogP contribution is 2.40. The van der Waals surface area contributed by atoms with Crippen molar-refractivity contribution in [1.82, 2.24) is 5.32 Å². The average molecular weight is 171 g/mol. The fourth-order valence-electron chi connectivity index (χ4n) is 2.27. The summed E-state index contributed by atoms with van der Waals surface area (Å²) in [7, 11) is 2.01. The molecule has 12 heavy (non-hydrogen) atoms. The van der Waals surface area contributed by atoms with Crippen LogP contribution in [0.25, 0.3) is 0 Å². The van der Waals surface area contributed by atoms with Gasteiger partial charge >= 0.3 is 0 Å². The molecule has 0 spiro atoms. The molecule has 1 fully saturated rings. The van der Waals surface area contributed by atoms with Crippen molar-refractivity contribution in [3.63, 3.8) is 0 Å². The van der Waals surface area contributed by atoms with Crippen LogP contribution in [0, 0.1) is 5.41 Å². The third-order valence-electron chi connectivity index (χ3n) is 3.32. The van der Waals surface area contributed by atoms with Gasteiger partial charge in [0.05, 0.1) is 6.10 Å². The summed E-state index contributed by atoms with van der Waals surface area (Å²) in [5.74, 6) is 0. The molecule has 2 heteroatoms. The smallest absolute Gasteiger partial charge is 0.0592 e. The van der Waals surface area contributed by atoms with E-state index in [0.717, 1.165) is 19.3 Å². The molecule has 0 bridgehead atoms. The van der Waals surface area contributed by atoms with Crippen LogP contribution in [-0.2, 0) is 0 Å². The van der Waals surface area contributed by atoms with Crippen molar-refractivity contribution < 1.29 is 5.11 Å². The van der Waals surface area contributed by atoms with Gasteiger partial charge in [0.25, 0.3) is 0 Å². The third-order valence-corrected chi connectivity index (χ3v) is 3.32. The molecule has 1 rings (SSSR count). The zero-order valence-electron chi connectivity index (χ0n) is 8.65. The van der Waals surface area contributed by atoms with E-state index in [0.29, 0.717) is 0 Å². The number of aliphatic hydroxyl groups excluding tert-OH is 1. The second-order valence-corrected chi connectivity index (χ2v) is 5.03. The van der Waals surface area contributed by atoms with Gasteiger partial charge in [-0.25, -0.2) is 0 Å². The van der Waals surface area contributed by atoms with Crippen LogP contribution in [0.3, 0.4) is 0 Å². The number of hydrogen-bond acceptors (Lipinski definition) is 2. The zero-order chi connectivity index (χ0) is 9.41. The van der Waals surface area contributed by atoms with Gasteiger partial charge in [0, 0.05) is 5.54 Å². The van der Waals surface area contributed by atoms with Crippen LogP contribution >= 0.6 is 0 Å². The van der Waals surface area contributed by atoms with Crippen molar-refractivity contribution in [3.8, 4) is 0 Å². The summed E-state index contributed by atoms with van der Waals surface area (Å²) >= 11 is 0. The quantitative estimate of drug-likeness (QED) is 0.627. The molecular weight excluding hydrogens is 150 g/mol. The molecule has 0 heterocycles. The van der Waals surface area contributed by atoms with E-state index in [1.165, 1.54) is 0 Å². The van der Waals surface area contributed by atoms with Crippen molar-refractivity contribution in [2.45, 2.75) is 51.7 Å². The maximum Gasteiger partial charge on any atom is 0.0592 e. The first-order valence-corrected chi connectivity index (χ1v) is 4.77. The van der Waals surface area contributed by atoms with Gasteiger partial charge in [0.15, 0.2) is 0 Å². The lowest BCUT2D eigenvalue weighted by Crippen LogP contribution is -2.51. The van der Waals surface area contributed by atoms with Gasteiger partial charge in [-0.1, -0.05) is 13.8 Å². The molecule has 0 radical (unpaired) electrons. The minimum atomic E-state index is -0.126.